The predicted octanol–water partition coefficient (Wildman–Crippen LogP) is -0.494. The van der Waals surface area contributed by atoms with Crippen molar-refractivity contribution in [3.63, 3.8) is 0 Å². The average Bonchev–Trinajstić information content (AvgIpc) is 2.58. The van der Waals surface area contributed by atoms with Gasteiger partial charge < -0.3 is 12.4 Å². The van der Waals surface area contributed by atoms with Gasteiger partial charge in [-0.25, -0.2) is 8.42 Å². The molecule has 24 heavy (non-hydrogen) atoms. The van der Waals surface area contributed by atoms with Gasteiger partial charge in [0.2, 0.25) is 10.0 Å². The highest BCUT2D eigenvalue weighted by Gasteiger charge is 2.28. The Bertz CT molecular complexity index is 758. The molecule has 1 fully saturated rings. The highest BCUT2D eigenvalue weighted by molar-refractivity contribution is 7.89. The first-order valence-corrected chi connectivity index (χ1v) is 9.33. The summed E-state index contributed by atoms with van der Waals surface area (Å²) in [5.74, 6) is 0. The SMILES string of the molecule is Cc1ccccc1CN1CCN(S(=O)(=O)c2ccccc2)CC1.[Cl-]. The number of hydrogen-bond donors (Lipinski definition) is 0. The van der Waals surface area contributed by atoms with Gasteiger partial charge in [-0.3, -0.25) is 4.90 Å². The van der Waals surface area contributed by atoms with Gasteiger partial charge in [0.15, 0.2) is 0 Å². The van der Waals surface area contributed by atoms with Crippen LogP contribution in [-0.4, -0.2) is 43.8 Å². The van der Waals surface area contributed by atoms with Gasteiger partial charge in [0.05, 0.1) is 4.90 Å². The number of piperazine rings is 1. The first-order chi connectivity index (χ1) is 11.1. The molecule has 0 saturated carbocycles. The van der Waals surface area contributed by atoms with Gasteiger partial charge in [0, 0.05) is 32.7 Å². The second kappa shape index (κ2) is 8.12. The van der Waals surface area contributed by atoms with Crippen LogP contribution in [0.15, 0.2) is 59.5 Å². The third kappa shape index (κ3) is 4.16. The van der Waals surface area contributed by atoms with Crippen LogP contribution >= 0.6 is 0 Å². The van der Waals surface area contributed by atoms with Crippen LogP contribution in [0.25, 0.3) is 0 Å². The zero-order valence-electron chi connectivity index (χ0n) is 13.7. The molecule has 2 aromatic carbocycles. The number of halogens is 1. The van der Waals surface area contributed by atoms with Crippen LogP contribution in [-0.2, 0) is 16.6 Å². The van der Waals surface area contributed by atoms with Gasteiger partial charge >= 0.3 is 0 Å². The van der Waals surface area contributed by atoms with Gasteiger partial charge in [-0.05, 0) is 30.2 Å². The van der Waals surface area contributed by atoms with Crippen molar-refractivity contribution in [1.82, 2.24) is 9.21 Å². The van der Waals surface area contributed by atoms with Crippen LogP contribution in [0, 0.1) is 6.92 Å². The molecule has 3 rings (SSSR count). The molecular weight excluding hydrogens is 344 g/mol. The molecule has 1 aliphatic rings. The molecule has 130 valence electrons. The first-order valence-electron chi connectivity index (χ1n) is 7.89. The predicted molar refractivity (Wildman–Crippen MR) is 91.7 cm³/mol. The minimum absolute atomic E-state index is 0. The van der Waals surface area contributed by atoms with Crippen LogP contribution < -0.4 is 12.4 Å². The summed E-state index contributed by atoms with van der Waals surface area (Å²) in [7, 11) is -3.36. The summed E-state index contributed by atoms with van der Waals surface area (Å²) in [4.78, 5) is 2.70. The summed E-state index contributed by atoms with van der Waals surface area (Å²) < 4.78 is 26.8. The van der Waals surface area contributed by atoms with Crippen molar-refractivity contribution < 1.29 is 20.8 Å². The van der Waals surface area contributed by atoms with Crippen molar-refractivity contribution in [2.24, 2.45) is 0 Å². The van der Waals surface area contributed by atoms with Crippen molar-refractivity contribution in [2.75, 3.05) is 26.2 Å². The quantitative estimate of drug-likeness (QED) is 0.734. The normalized spacial score (nSPS) is 16.5. The Kier molecular flexibility index (Phi) is 6.40. The lowest BCUT2D eigenvalue weighted by Crippen LogP contribution is -3.00. The Labute approximate surface area is 150 Å². The molecule has 1 aliphatic heterocycles. The van der Waals surface area contributed by atoms with Gasteiger partial charge in [-0.2, -0.15) is 4.31 Å². The van der Waals surface area contributed by atoms with Gasteiger partial charge in [0.25, 0.3) is 0 Å². The van der Waals surface area contributed by atoms with Crippen molar-refractivity contribution >= 4 is 10.0 Å². The summed E-state index contributed by atoms with van der Waals surface area (Å²) in [6.45, 7) is 5.62. The summed E-state index contributed by atoms with van der Waals surface area (Å²) in [6.07, 6.45) is 0. The van der Waals surface area contributed by atoms with Gasteiger partial charge in [-0.15, -0.1) is 0 Å². The molecular formula is C18H22ClN2O2S-. The topological polar surface area (TPSA) is 40.6 Å². The van der Waals surface area contributed by atoms with E-state index in [2.05, 4.69) is 30.0 Å². The molecule has 0 radical (unpaired) electrons. The van der Waals surface area contributed by atoms with E-state index in [0.29, 0.717) is 18.0 Å². The lowest BCUT2D eigenvalue weighted by Gasteiger charge is -2.34. The smallest absolute Gasteiger partial charge is 0.243 e. The fourth-order valence-corrected chi connectivity index (χ4v) is 4.34. The van der Waals surface area contributed by atoms with E-state index in [9.17, 15) is 8.42 Å². The number of sulfonamides is 1. The van der Waals surface area contributed by atoms with Crippen LogP contribution in [0.5, 0.6) is 0 Å². The Balaban J connectivity index is 0.00000208. The number of hydrogen-bond acceptors (Lipinski definition) is 3. The summed E-state index contributed by atoms with van der Waals surface area (Å²) in [5.41, 5.74) is 2.60. The minimum atomic E-state index is -3.36. The summed E-state index contributed by atoms with van der Waals surface area (Å²) >= 11 is 0. The van der Waals surface area contributed by atoms with Gasteiger partial charge in [-0.1, -0.05) is 42.5 Å². The number of nitrogens with zero attached hydrogens (tertiary/aromatic N) is 2. The molecule has 6 heteroatoms. The highest BCUT2D eigenvalue weighted by atomic mass is 35.5. The number of aryl methyl sites for hydroxylation is 1. The molecule has 2 aromatic rings. The first kappa shape index (κ1) is 18.9. The Hall–Kier alpha value is -1.40. The summed E-state index contributed by atoms with van der Waals surface area (Å²) in [5, 5.41) is 0. The molecule has 0 amide bonds. The Morgan fingerprint density at radius 2 is 1.46 bits per heavy atom. The molecule has 0 aliphatic carbocycles. The van der Waals surface area contributed by atoms with E-state index < -0.39 is 10.0 Å². The van der Waals surface area contributed by atoms with Gasteiger partial charge in [0.1, 0.15) is 0 Å². The van der Waals surface area contributed by atoms with Crippen LogP contribution in [0.2, 0.25) is 0 Å². The molecule has 0 aromatic heterocycles. The zero-order chi connectivity index (χ0) is 16.3. The van der Waals surface area contributed by atoms with Crippen molar-refractivity contribution in [1.29, 1.82) is 0 Å². The number of rotatable bonds is 4. The van der Waals surface area contributed by atoms with Crippen molar-refractivity contribution in [3.05, 3.63) is 65.7 Å². The molecule has 4 nitrogen and oxygen atoms in total. The molecule has 0 bridgehead atoms. The van der Waals surface area contributed by atoms with E-state index in [1.54, 1.807) is 28.6 Å². The molecule has 0 N–H and O–H groups in total. The van der Waals surface area contributed by atoms with E-state index in [0.717, 1.165) is 19.6 Å². The molecule has 1 saturated heterocycles. The fraction of sp³-hybridized carbons (Fsp3) is 0.333. The summed E-state index contributed by atoms with van der Waals surface area (Å²) in [6, 6.07) is 17.0. The largest absolute Gasteiger partial charge is 1.00 e. The average molecular weight is 366 g/mol. The third-order valence-corrected chi connectivity index (χ3v) is 6.28. The van der Waals surface area contributed by atoms with E-state index in [1.165, 1.54) is 11.1 Å². The molecule has 0 spiro atoms. The highest BCUT2D eigenvalue weighted by Crippen LogP contribution is 2.18. The Morgan fingerprint density at radius 1 is 0.875 bits per heavy atom. The molecule has 0 unspecified atom stereocenters. The van der Waals surface area contributed by atoms with E-state index in [1.807, 2.05) is 12.1 Å². The third-order valence-electron chi connectivity index (χ3n) is 4.37. The number of benzene rings is 2. The zero-order valence-corrected chi connectivity index (χ0v) is 15.3. The molecule has 0 atom stereocenters. The van der Waals surface area contributed by atoms with Crippen molar-refractivity contribution in [2.45, 2.75) is 18.4 Å². The van der Waals surface area contributed by atoms with E-state index in [-0.39, 0.29) is 12.4 Å². The lowest BCUT2D eigenvalue weighted by atomic mass is 10.1. The lowest BCUT2D eigenvalue weighted by molar-refractivity contribution is -0.00000738. The molecule has 1 heterocycles. The van der Waals surface area contributed by atoms with E-state index >= 15 is 0 Å². The van der Waals surface area contributed by atoms with Crippen LogP contribution in [0.1, 0.15) is 11.1 Å². The fourth-order valence-electron chi connectivity index (χ4n) is 2.90. The second-order valence-corrected chi connectivity index (χ2v) is 7.86. The standard InChI is InChI=1S/C18H22N2O2S.ClH/c1-16-7-5-6-8-17(16)15-19-11-13-20(14-12-19)23(21,22)18-9-3-2-4-10-18;/h2-10H,11-15H2,1H3;1H/p-1. The van der Waals surface area contributed by atoms with Crippen LogP contribution in [0.3, 0.4) is 0 Å². The Morgan fingerprint density at radius 3 is 2.08 bits per heavy atom. The van der Waals surface area contributed by atoms with E-state index in [4.69, 9.17) is 0 Å². The minimum Gasteiger partial charge on any atom is -1.00 e. The monoisotopic (exact) mass is 365 g/mol. The van der Waals surface area contributed by atoms with Crippen LogP contribution in [0.4, 0.5) is 0 Å². The second-order valence-electron chi connectivity index (χ2n) is 5.92. The van der Waals surface area contributed by atoms with Crippen molar-refractivity contribution in [3.8, 4) is 0 Å². The maximum Gasteiger partial charge on any atom is 0.243 e. The maximum atomic E-state index is 12.6. The maximum absolute atomic E-state index is 12.6.